The molecule has 0 bridgehead atoms. The molecule has 4 saturated carbocycles. The summed E-state index contributed by atoms with van der Waals surface area (Å²) < 4.78 is 0. The van der Waals surface area contributed by atoms with Crippen molar-refractivity contribution in [3.05, 3.63) is 0 Å². The first-order chi connectivity index (χ1) is 24.7. The Labute approximate surface area is 317 Å². The number of hydrogen-bond donors (Lipinski definition) is 4. The van der Waals surface area contributed by atoms with E-state index in [1.54, 1.807) is 0 Å². The van der Waals surface area contributed by atoms with Crippen LogP contribution >= 0.6 is 0 Å². The Morgan fingerprint density at radius 3 is 0.788 bits per heavy atom. The van der Waals surface area contributed by atoms with Crippen LogP contribution in [0.4, 0.5) is 0 Å². The predicted molar refractivity (Wildman–Crippen MR) is 211 cm³/mol. The van der Waals surface area contributed by atoms with Gasteiger partial charge in [0.1, 0.15) is 0 Å². The summed E-state index contributed by atoms with van der Waals surface area (Å²) in [6.45, 7) is 18.2. The maximum atomic E-state index is 14.4. The molecular weight excluding hydrogens is 649 g/mol. The van der Waals surface area contributed by atoms with Crippen molar-refractivity contribution in [1.29, 1.82) is 0 Å². The molecule has 0 aliphatic heterocycles. The van der Waals surface area contributed by atoms with Crippen molar-refractivity contribution in [1.82, 2.24) is 21.3 Å². The quantitative estimate of drug-likeness (QED) is 0.136. The fraction of sp³-hybridized carbons (Fsp3) is 0.909. The monoisotopic (exact) mass is 727 g/mol. The van der Waals surface area contributed by atoms with Gasteiger partial charge in [0.15, 0.2) is 0 Å². The maximum absolute atomic E-state index is 14.4. The van der Waals surface area contributed by atoms with Gasteiger partial charge in [-0.25, -0.2) is 0 Å². The molecule has 0 spiro atoms. The van der Waals surface area contributed by atoms with Crippen LogP contribution in [-0.2, 0) is 19.2 Å². The zero-order chi connectivity index (χ0) is 37.9. The molecule has 0 aromatic carbocycles. The molecule has 4 fully saturated rings. The van der Waals surface area contributed by atoms with E-state index in [0.29, 0.717) is 47.3 Å². The average Bonchev–Trinajstić information content (AvgIpc) is 3.10. The standard InChI is InChI=1S/C44H78N4O4/c1-27(2)31-9-17-35(18-10-31)45-41(49)25-39(43(51)47-37-21-13-33(14-22-37)29(5)6)40(44(52)48-38-23-15-34(16-24-38)30(7)8)26-42(50)46-36-19-11-32(12-20-36)28(3)4/h27-40H,9-26H2,1-8H3,(H,45,49)(H,46,50)(H,47,51)(H,48,52). The number of carbonyl (C=O) groups excluding carboxylic acids is 4. The SMILES string of the molecule is CC(C)C1CCC(NC(=O)CC(C(=O)NC2CCC(C(C)C)CC2)C(CC(=O)NC2CCC(C(C)C)CC2)C(=O)NC2CCC(C(C)C)CC2)CC1. The van der Waals surface area contributed by atoms with Gasteiger partial charge in [0.25, 0.3) is 0 Å². The Kier molecular flexibility index (Phi) is 16.8. The minimum absolute atomic E-state index is 0.0272. The van der Waals surface area contributed by atoms with E-state index in [2.05, 4.69) is 76.7 Å². The average molecular weight is 727 g/mol. The van der Waals surface area contributed by atoms with Gasteiger partial charge in [-0.1, -0.05) is 55.4 Å². The largest absolute Gasteiger partial charge is 0.353 e. The van der Waals surface area contributed by atoms with E-state index in [9.17, 15) is 19.2 Å². The van der Waals surface area contributed by atoms with Crippen LogP contribution in [0.2, 0.25) is 0 Å². The number of nitrogens with one attached hydrogen (secondary N) is 4. The van der Waals surface area contributed by atoms with E-state index >= 15 is 0 Å². The first-order valence-electron chi connectivity index (χ1n) is 21.9. The molecule has 0 radical (unpaired) electrons. The topological polar surface area (TPSA) is 116 Å². The van der Waals surface area contributed by atoms with Gasteiger partial charge in [0.05, 0.1) is 11.8 Å². The molecule has 0 aromatic rings. The molecule has 298 valence electrons. The number of carbonyl (C=O) groups is 4. The first kappa shape index (κ1) is 42.6. The van der Waals surface area contributed by atoms with Gasteiger partial charge in [0.2, 0.25) is 23.6 Å². The third-order valence-electron chi connectivity index (χ3n) is 14.3. The molecule has 0 heterocycles. The van der Waals surface area contributed by atoms with E-state index in [-0.39, 0.29) is 60.6 Å². The highest BCUT2D eigenvalue weighted by Gasteiger charge is 2.40. The van der Waals surface area contributed by atoms with Crippen molar-refractivity contribution in [2.75, 3.05) is 0 Å². The summed E-state index contributed by atoms with van der Waals surface area (Å²) in [5.74, 6) is 2.49. The number of amides is 4. The van der Waals surface area contributed by atoms with Gasteiger partial charge in [0, 0.05) is 37.0 Å². The molecule has 8 nitrogen and oxygen atoms in total. The van der Waals surface area contributed by atoms with E-state index < -0.39 is 11.8 Å². The van der Waals surface area contributed by atoms with Gasteiger partial charge in [-0.05, 0) is 150 Å². The van der Waals surface area contributed by atoms with Gasteiger partial charge in [-0.15, -0.1) is 0 Å². The molecule has 0 aromatic heterocycles. The number of hydrogen-bond acceptors (Lipinski definition) is 4. The highest BCUT2D eigenvalue weighted by atomic mass is 16.2. The molecule has 4 aliphatic carbocycles. The summed E-state index contributed by atoms with van der Waals surface area (Å²) in [5, 5.41) is 13.1. The summed E-state index contributed by atoms with van der Waals surface area (Å²) in [6, 6.07) is 0.231. The van der Waals surface area contributed by atoms with Crippen molar-refractivity contribution in [3.63, 3.8) is 0 Å². The second-order valence-corrected chi connectivity index (χ2v) is 19.2. The normalized spacial score (nSPS) is 31.2. The molecule has 52 heavy (non-hydrogen) atoms. The molecule has 2 atom stereocenters. The summed E-state index contributed by atoms with van der Waals surface area (Å²) >= 11 is 0. The van der Waals surface area contributed by atoms with Gasteiger partial charge in [-0.2, -0.15) is 0 Å². The maximum Gasteiger partial charge on any atom is 0.224 e. The summed E-state index contributed by atoms with van der Waals surface area (Å²) in [4.78, 5) is 56.5. The summed E-state index contributed by atoms with van der Waals surface area (Å²) in [5.41, 5.74) is 0. The number of rotatable bonds is 15. The third kappa shape index (κ3) is 13.0. The van der Waals surface area contributed by atoms with Gasteiger partial charge < -0.3 is 21.3 Å². The highest BCUT2D eigenvalue weighted by molar-refractivity contribution is 5.94. The van der Waals surface area contributed by atoms with Crippen molar-refractivity contribution in [2.24, 2.45) is 59.2 Å². The predicted octanol–water partition coefficient (Wildman–Crippen LogP) is 8.32. The molecule has 4 rings (SSSR count). The second kappa shape index (κ2) is 20.5. The van der Waals surface area contributed by atoms with Crippen LogP contribution in [-0.4, -0.2) is 47.8 Å². The molecule has 0 saturated heterocycles. The molecule has 4 amide bonds. The molecule has 8 heteroatoms. The van der Waals surface area contributed by atoms with Crippen LogP contribution < -0.4 is 21.3 Å². The lowest BCUT2D eigenvalue weighted by Gasteiger charge is -2.35. The van der Waals surface area contributed by atoms with E-state index in [1.807, 2.05) is 0 Å². The van der Waals surface area contributed by atoms with Crippen molar-refractivity contribution in [2.45, 2.75) is 195 Å². The van der Waals surface area contributed by atoms with E-state index in [4.69, 9.17) is 0 Å². The molecule has 2 unspecified atom stereocenters. The first-order valence-corrected chi connectivity index (χ1v) is 21.9. The van der Waals surface area contributed by atoms with Gasteiger partial charge in [-0.3, -0.25) is 19.2 Å². The van der Waals surface area contributed by atoms with Crippen molar-refractivity contribution >= 4 is 23.6 Å². The zero-order valence-corrected chi connectivity index (χ0v) is 34.4. The van der Waals surface area contributed by atoms with E-state index in [0.717, 1.165) is 103 Å². The Morgan fingerprint density at radius 2 is 0.577 bits per heavy atom. The molecular formula is C44H78N4O4. The fourth-order valence-electron chi connectivity index (χ4n) is 10.1. The fourth-order valence-corrected chi connectivity index (χ4v) is 10.1. The minimum atomic E-state index is -0.913. The van der Waals surface area contributed by atoms with E-state index in [1.165, 1.54) is 0 Å². The third-order valence-corrected chi connectivity index (χ3v) is 14.3. The molecule has 4 N–H and O–H groups in total. The Morgan fingerprint density at radius 1 is 0.365 bits per heavy atom. The van der Waals surface area contributed by atoms with Gasteiger partial charge >= 0.3 is 0 Å². The smallest absolute Gasteiger partial charge is 0.224 e. The van der Waals surface area contributed by atoms with Crippen molar-refractivity contribution in [3.8, 4) is 0 Å². The van der Waals surface area contributed by atoms with Crippen LogP contribution in [0.1, 0.15) is 171 Å². The van der Waals surface area contributed by atoms with Crippen LogP contribution in [0.3, 0.4) is 0 Å². The van der Waals surface area contributed by atoms with Crippen LogP contribution in [0.25, 0.3) is 0 Å². The second-order valence-electron chi connectivity index (χ2n) is 19.2. The summed E-state index contributed by atoms with van der Waals surface area (Å²) in [7, 11) is 0. The lowest BCUT2D eigenvalue weighted by Crippen LogP contribution is -2.51. The Hall–Kier alpha value is -2.12. The van der Waals surface area contributed by atoms with Crippen LogP contribution in [0.15, 0.2) is 0 Å². The lowest BCUT2D eigenvalue weighted by molar-refractivity contribution is -0.141. The Bertz CT molecular complexity index is 1030. The highest BCUT2D eigenvalue weighted by Crippen LogP contribution is 2.34. The minimum Gasteiger partial charge on any atom is -0.353 e. The zero-order valence-electron chi connectivity index (χ0n) is 34.4. The Balaban J connectivity index is 1.51. The lowest BCUT2D eigenvalue weighted by atomic mass is 9.78. The van der Waals surface area contributed by atoms with Crippen molar-refractivity contribution < 1.29 is 19.2 Å². The summed E-state index contributed by atoms with van der Waals surface area (Å²) in [6.07, 6.45) is 15.9. The molecule has 4 aliphatic rings. The van der Waals surface area contributed by atoms with Crippen LogP contribution in [0.5, 0.6) is 0 Å². The van der Waals surface area contributed by atoms with Crippen LogP contribution in [0, 0.1) is 59.2 Å².